The Labute approximate surface area is 119 Å². The van der Waals surface area contributed by atoms with Crippen molar-refractivity contribution in [3.8, 4) is 0 Å². The van der Waals surface area contributed by atoms with Gasteiger partial charge in [0.05, 0.1) is 11.9 Å². The predicted molar refractivity (Wildman–Crippen MR) is 76.3 cm³/mol. The van der Waals surface area contributed by atoms with Crippen LogP contribution in [0.4, 0.5) is 0 Å². The minimum absolute atomic E-state index is 0.0268. The first-order valence-electron chi connectivity index (χ1n) is 7.03. The molecule has 0 atom stereocenters. The quantitative estimate of drug-likeness (QED) is 0.815. The molecule has 0 fully saturated rings. The van der Waals surface area contributed by atoms with Crippen LogP contribution in [-0.2, 0) is 18.4 Å². The number of oxazole rings is 1. The molecule has 0 aliphatic heterocycles. The predicted octanol–water partition coefficient (Wildman–Crippen LogP) is 1.89. The Morgan fingerprint density at radius 3 is 2.75 bits per heavy atom. The maximum absolute atomic E-state index is 5.74. The van der Waals surface area contributed by atoms with Gasteiger partial charge in [-0.2, -0.15) is 0 Å². The molecular weight excluding hydrogens is 254 g/mol. The van der Waals surface area contributed by atoms with Crippen LogP contribution in [0.1, 0.15) is 51.0 Å². The zero-order valence-electron chi connectivity index (χ0n) is 12.5. The average molecular weight is 277 g/mol. The molecule has 2 aromatic rings. The van der Waals surface area contributed by atoms with Crippen molar-refractivity contribution < 1.29 is 4.42 Å². The Kier molecular flexibility index (Phi) is 4.54. The van der Waals surface area contributed by atoms with Gasteiger partial charge >= 0.3 is 0 Å². The highest BCUT2D eigenvalue weighted by Gasteiger charge is 2.19. The Hall–Kier alpha value is -1.69. The third kappa shape index (κ3) is 3.90. The van der Waals surface area contributed by atoms with Gasteiger partial charge in [0, 0.05) is 11.6 Å². The summed E-state index contributed by atoms with van der Waals surface area (Å²) in [6.45, 7) is 7.53. The topological polar surface area (TPSA) is 82.8 Å². The summed E-state index contributed by atoms with van der Waals surface area (Å²) in [4.78, 5) is 4.29. The van der Waals surface area contributed by atoms with Gasteiger partial charge in [0.2, 0.25) is 5.89 Å². The average Bonchev–Trinajstić information content (AvgIpc) is 2.99. The normalized spacial score (nSPS) is 12.0. The molecule has 2 N–H and O–H groups in total. The van der Waals surface area contributed by atoms with Gasteiger partial charge in [0.25, 0.3) is 0 Å². The Bertz CT molecular complexity index is 538. The molecule has 0 bridgehead atoms. The monoisotopic (exact) mass is 277 g/mol. The maximum atomic E-state index is 5.74. The van der Waals surface area contributed by atoms with Crippen molar-refractivity contribution in [2.24, 2.45) is 5.73 Å². The number of hydrogen-bond acceptors (Lipinski definition) is 5. The fourth-order valence-electron chi connectivity index (χ4n) is 1.85. The minimum Gasteiger partial charge on any atom is -0.443 e. The molecule has 0 radical (unpaired) electrons. The molecule has 0 saturated heterocycles. The van der Waals surface area contributed by atoms with E-state index in [2.05, 4.69) is 36.1 Å². The summed E-state index contributed by atoms with van der Waals surface area (Å²) in [5.41, 5.74) is 6.44. The number of nitrogens with zero attached hydrogens (tertiary/aromatic N) is 4. The molecule has 6 heteroatoms. The summed E-state index contributed by atoms with van der Waals surface area (Å²) < 4.78 is 7.50. The van der Waals surface area contributed by atoms with Crippen LogP contribution in [0.3, 0.4) is 0 Å². The highest BCUT2D eigenvalue weighted by molar-refractivity contribution is 5.06. The first kappa shape index (κ1) is 14.7. The van der Waals surface area contributed by atoms with Gasteiger partial charge in [0.1, 0.15) is 12.3 Å². The fourth-order valence-corrected chi connectivity index (χ4v) is 1.85. The molecule has 0 aliphatic rings. The van der Waals surface area contributed by atoms with Crippen molar-refractivity contribution in [2.45, 2.75) is 52.0 Å². The number of rotatable bonds is 6. The van der Waals surface area contributed by atoms with Crippen molar-refractivity contribution in [1.82, 2.24) is 20.0 Å². The van der Waals surface area contributed by atoms with Crippen molar-refractivity contribution in [2.75, 3.05) is 6.54 Å². The molecule has 2 heterocycles. The van der Waals surface area contributed by atoms with Crippen molar-refractivity contribution in [3.63, 3.8) is 0 Å². The zero-order chi connectivity index (χ0) is 14.6. The summed E-state index contributed by atoms with van der Waals surface area (Å²) in [7, 11) is 0. The van der Waals surface area contributed by atoms with Crippen LogP contribution in [0.25, 0.3) is 0 Å². The molecular formula is C14H23N5O. The second kappa shape index (κ2) is 6.17. The van der Waals surface area contributed by atoms with Gasteiger partial charge in [-0.1, -0.05) is 26.0 Å². The smallest absolute Gasteiger partial charge is 0.216 e. The molecule has 6 nitrogen and oxygen atoms in total. The standard InChI is InChI=1S/C14H23N5O/c1-14(2,3)12-8-16-13(20-12)10-19-9-11(17-18-19)6-4-5-7-15/h8-9H,4-7,10,15H2,1-3H3. The van der Waals surface area contributed by atoms with Crippen LogP contribution in [-0.4, -0.2) is 26.5 Å². The van der Waals surface area contributed by atoms with E-state index in [9.17, 15) is 0 Å². The highest BCUT2D eigenvalue weighted by Crippen LogP contribution is 2.22. The second-order valence-corrected chi connectivity index (χ2v) is 6.02. The van der Waals surface area contributed by atoms with Gasteiger partial charge < -0.3 is 10.2 Å². The van der Waals surface area contributed by atoms with Gasteiger partial charge in [-0.15, -0.1) is 5.10 Å². The summed E-state index contributed by atoms with van der Waals surface area (Å²) in [5, 5.41) is 8.24. The lowest BCUT2D eigenvalue weighted by Gasteiger charge is -2.12. The highest BCUT2D eigenvalue weighted by atomic mass is 16.4. The van der Waals surface area contributed by atoms with Crippen LogP contribution in [0.15, 0.2) is 16.8 Å². The number of aromatic nitrogens is 4. The van der Waals surface area contributed by atoms with Crippen LogP contribution < -0.4 is 5.73 Å². The third-order valence-electron chi connectivity index (χ3n) is 3.06. The first-order valence-corrected chi connectivity index (χ1v) is 7.03. The molecule has 20 heavy (non-hydrogen) atoms. The largest absolute Gasteiger partial charge is 0.443 e. The minimum atomic E-state index is -0.0268. The van der Waals surface area contributed by atoms with Crippen LogP contribution >= 0.6 is 0 Å². The summed E-state index contributed by atoms with van der Waals surface area (Å²) in [6, 6.07) is 0. The van der Waals surface area contributed by atoms with Gasteiger partial charge in [-0.3, -0.25) is 0 Å². The second-order valence-electron chi connectivity index (χ2n) is 6.02. The van der Waals surface area contributed by atoms with E-state index in [4.69, 9.17) is 10.2 Å². The summed E-state index contributed by atoms with van der Waals surface area (Å²) in [5.74, 6) is 1.55. The lowest BCUT2D eigenvalue weighted by molar-refractivity contribution is 0.371. The Morgan fingerprint density at radius 1 is 1.30 bits per heavy atom. The van der Waals surface area contributed by atoms with E-state index >= 15 is 0 Å². The molecule has 0 unspecified atom stereocenters. The molecule has 0 amide bonds. The van der Waals surface area contributed by atoms with E-state index in [0.29, 0.717) is 12.4 Å². The van der Waals surface area contributed by atoms with Crippen LogP contribution in [0, 0.1) is 0 Å². The number of hydrogen-bond donors (Lipinski definition) is 1. The third-order valence-corrected chi connectivity index (χ3v) is 3.06. The lowest BCUT2D eigenvalue weighted by atomic mass is 9.94. The first-order chi connectivity index (χ1) is 9.49. The van der Waals surface area contributed by atoms with E-state index in [0.717, 1.165) is 37.3 Å². The van der Waals surface area contributed by atoms with Gasteiger partial charge in [-0.05, 0) is 25.8 Å². The number of unbranched alkanes of at least 4 members (excludes halogenated alkanes) is 1. The Morgan fingerprint density at radius 2 is 2.10 bits per heavy atom. The van der Waals surface area contributed by atoms with Gasteiger partial charge in [-0.25, -0.2) is 9.67 Å². The maximum Gasteiger partial charge on any atom is 0.216 e. The Balaban J connectivity index is 1.95. The van der Waals surface area contributed by atoms with E-state index < -0.39 is 0 Å². The molecule has 0 aliphatic carbocycles. The van der Waals surface area contributed by atoms with E-state index in [1.165, 1.54) is 0 Å². The number of aryl methyl sites for hydroxylation is 1. The lowest BCUT2D eigenvalue weighted by Crippen LogP contribution is -2.09. The number of nitrogens with two attached hydrogens (primary N) is 1. The summed E-state index contributed by atoms with van der Waals surface area (Å²) in [6.07, 6.45) is 6.70. The molecule has 2 aromatic heterocycles. The SMILES string of the molecule is CC(C)(C)c1cnc(Cn2cc(CCCCN)nn2)o1. The molecule has 2 rings (SSSR count). The van der Waals surface area contributed by atoms with Gasteiger partial charge in [0.15, 0.2) is 0 Å². The fraction of sp³-hybridized carbons (Fsp3) is 0.643. The van der Waals surface area contributed by atoms with Crippen LogP contribution in [0.2, 0.25) is 0 Å². The molecule has 0 spiro atoms. The molecule has 110 valence electrons. The van der Waals surface area contributed by atoms with E-state index in [-0.39, 0.29) is 5.41 Å². The summed E-state index contributed by atoms with van der Waals surface area (Å²) >= 11 is 0. The zero-order valence-corrected chi connectivity index (χ0v) is 12.5. The molecule has 0 saturated carbocycles. The molecule has 0 aromatic carbocycles. The van der Waals surface area contributed by atoms with Crippen molar-refractivity contribution in [1.29, 1.82) is 0 Å². The van der Waals surface area contributed by atoms with E-state index in [1.807, 2.05) is 6.20 Å². The van der Waals surface area contributed by atoms with Crippen molar-refractivity contribution >= 4 is 0 Å². The van der Waals surface area contributed by atoms with Crippen LogP contribution in [0.5, 0.6) is 0 Å². The van der Waals surface area contributed by atoms with Crippen molar-refractivity contribution in [3.05, 3.63) is 29.7 Å². The van der Waals surface area contributed by atoms with E-state index in [1.54, 1.807) is 10.9 Å².